The van der Waals surface area contributed by atoms with E-state index in [2.05, 4.69) is 51.2 Å². The first-order valence-corrected chi connectivity index (χ1v) is 21.2. The SMILES string of the molecule is C[C@@]12Cc3c(c(-c4nc5cc(N)c(F)nc5n4COCC[Si](C)(C)C)nn3COCC[Si](C)(C)C)C[C@@H]1C2. The van der Waals surface area contributed by atoms with E-state index < -0.39 is 22.1 Å². The summed E-state index contributed by atoms with van der Waals surface area (Å²) in [5, 5.41) is 5.07. The lowest BCUT2D eigenvalue weighted by atomic mass is 9.87. The lowest BCUT2D eigenvalue weighted by Crippen LogP contribution is -2.23. The third-order valence-corrected chi connectivity index (χ3v) is 11.5. The Kier molecular flexibility index (Phi) is 7.11. The second-order valence-electron chi connectivity index (χ2n) is 14.0. The molecular weight excluding hydrogens is 516 g/mol. The number of nitrogens with zero attached hydrogens (tertiary/aromatic N) is 5. The first kappa shape index (κ1) is 27.5. The summed E-state index contributed by atoms with van der Waals surface area (Å²) in [7, 11) is -2.43. The Morgan fingerprint density at radius 1 is 1.05 bits per heavy atom. The van der Waals surface area contributed by atoms with Crippen LogP contribution < -0.4 is 5.73 Å². The number of nitrogen functional groups attached to an aromatic ring is 1. The first-order chi connectivity index (χ1) is 17.7. The van der Waals surface area contributed by atoms with Crippen LogP contribution >= 0.6 is 0 Å². The van der Waals surface area contributed by atoms with Crippen molar-refractivity contribution in [2.75, 3.05) is 18.9 Å². The van der Waals surface area contributed by atoms with Gasteiger partial charge < -0.3 is 15.2 Å². The van der Waals surface area contributed by atoms with E-state index in [-0.39, 0.29) is 12.4 Å². The summed E-state index contributed by atoms with van der Waals surface area (Å²) in [6.45, 7) is 18.5. The normalized spacial score (nSPS) is 21.1. The number of ether oxygens (including phenoxy) is 2. The third-order valence-electron chi connectivity index (χ3n) is 8.07. The Morgan fingerprint density at radius 2 is 1.71 bits per heavy atom. The Balaban J connectivity index is 1.51. The van der Waals surface area contributed by atoms with E-state index in [9.17, 15) is 4.39 Å². The van der Waals surface area contributed by atoms with Crippen molar-refractivity contribution in [3.05, 3.63) is 23.3 Å². The van der Waals surface area contributed by atoms with Crippen molar-refractivity contribution in [2.45, 2.75) is 91.0 Å². The number of hydrogen-bond donors (Lipinski definition) is 1. The molecule has 3 heterocycles. The second kappa shape index (κ2) is 9.83. The van der Waals surface area contributed by atoms with E-state index in [4.69, 9.17) is 25.3 Å². The fraction of sp³-hybridized carbons (Fsp3) is 0.667. The van der Waals surface area contributed by atoms with Crippen LogP contribution in [0.15, 0.2) is 6.07 Å². The second-order valence-corrected chi connectivity index (χ2v) is 25.2. The summed E-state index contributed by atoms with van der Waals surface area (Å²) in [6.07, 6.45) is 3.20. The molecule has 5 rings (SSSR count). The van der Waals surface area contributed by atoms with Gasteiger partial charge in [-0.3, -0.25) is 4.57 Å². The Labute approximate surface area is 227 Å². The molecule has 1 saturated carbocycles. The molecule has 0 amide bonds. The highest BCUT2D eigenvalue weighted by atomic mass is 28.3. The minimum absolute atomic E-state index is 0.00884. The van der Waals surface area contributed by atoms with Crippen LogP contribution in [0.2, 0.25) is 51.4 Å². The van der Waals surface area contributed by atoms with Crippen LogP contribution in [0.25, 0.3) is 22.7 Å². The predicted octanol–water partition coefficient (Wildman–Crippen LogP) is 5.77. The van der Waals surface area contributed by atoms with Gasteiger partial charge in [-0.2, -0.15) is 14.5 Å². The number of pyridine rings is 1. The summed E-state index contributed by atoms with van der Waals surface area (Å²) in [6, 6.07) is 3.72. The fourth-order valence-corrected chi connectivity index (χ4v) is 6.82. The highest BCUT2D eigenvalue weighted by Crippen LogP contribution is 2.60. The predicted molar refractivity (Wildman–Crippen MR) is 155 cm³/mol. The number of aromatic nitrogens is 5. The molecule has 3 aromatic rings. The van der Waals surface area contributed by atoms with Crippen LogP contribution in [-0.2, 0) is 35.8 Å². The lowest BCUT2D eigenvalue weighted by molar-refractivity contribution is 0.0756. The van der Waals surface area contributed by atoms with Crippen LogP contribution in [0, 0.1) is 17.3 Å². The molecule has 2 N–H and O–H groups in total. The van der Waals surface area contributed by atoms with Crippen molar-refractivity contribution in [1.82, 2.24) is 24.3 Å². The maximum atomic E-state index is 14.5. The molecule has 8 nitrogen and oxygen atoms in total. The lowest BCUT2D eigenvalue weighted by Gasteiger charge is -2.20. The highest BCUT2D eigenvalue weighted by molar-refractivity contribution is 6.76. The zero-order valence-corrected chi connectivity index (χ0v) is 26.0. The molecule has 0 unspecified atom stereocenters. The van der Waals surface area contributed by atoms with E-state index >= 15 is 0 Å². The highest BCUT2D eigenvalue weighted by Gasteiger charge is 2.54. The van der Waals surface area contributed by atoms with Crippen molar-refractivity contribution in [3.8, 4) is 11.5 Å². The summed E-state index contributed by atoms with van der Waals surface area (Å²) >= 11 is 0. The molecule has 11 heteroatoms. The van der Waals surface area contributed by atoms with Crippen molar-refractivity contribution >= 4 is 33.0 Å². The summed E-state index contributed by atoms with van der Waals surface area (Å²) in [5.74, 6) is 0.632. The van der Waals surface area contributed by atoms with Gasteiger partial charge in [-0.25, -0.2) is 9.67 Å². The summed E-state index contributed by atoms with van der Waals surface area (Å²) in [5.41, 5.74) is 10.5. The quantitative estimate of drug-likeness (QED) is 0.183. The van der Waals surface area contributed by atoms with Gasteiger partial charge in [0.15, 0.2) is 11.5 Å². The van der Waals surface area contributed by atoms with Crippen molar-refractivity contribution < 1.29 is 13.9 Å². The zero-order valence-electron chi connectivity index (χ0n) is 24.0. The van der Waals surface area contributed by atoms with Gasteiger partial charge in [0.1, 0.15) is 24.7 Å². The molecule has 0 aromatic carbocycles. The molecule has 0 radical (unpaired) electrons. The van der Waals surface area contributed by atoms with E-state index in [0.29, 0.717) is 41.7 Å². The first-order valence-electron chi connectivity index (χ1n) is 13.8. The van der Waals surface area contributed by atoms with Gasteiger partial charge in [0.25, 0.3) is 0 Å². The number of nitrogens with two attached hydrogens (primary N) is 1. The maximum Gasteiger partial charge on any atom is 0.238 e. The third kappa shape index (κ3) is 5.75. The molecular formula is C27H43FN6O2Si2. The van der Waals surface area contributed by atoms with E-state index in [0.717, 1.165) is 37.2 Å². The van der Waals surface area contributed by atoms with Crippen molar-refractivity contribution in [3.63, 3.8) is 0 Å². The summed E-state index contributed by atoms with van der Waals surface area (Å²) < 4.78 is 30.6. The van der Waals surface area contributed by atoms with Crippen LogP contribution in [0.4, 0.5) is 10.1 Å². The summed E-state index contributed by atoms with van der Waals surface area (Å²) in [4.78, 5) is 9.06. The molecule has 2 atom stereocenters. The minimum atomic E-state index is -1.25. The Bertz CT molecular complexity index is 1340. The maximum absolute atomic E-state index is 14.5. The fourth-order valence-electron chi connectivity index (χ4n) is 5.31. The molecule has 0 aliphatic heterocycles. The molecule has 1 fully saturated rings. The smallest absolute Gasteiger partial charge is 0.238 e. The van der Waals surface area contributed by atoms with Gasteiger partial charge in [0, 0.05) is 40.6 Å². The van der Waals surface area contributed by atoms with Crippen molar-refractivity contribution in [1.29, 1.82) is 0 Å². The molecule has 0 bridgehead atoms. The Morgan fingerprint density at radius 3 is 2.37 bits per heavy atom. The topological polar surface area (TPSA) is 93.0 Å². The average Bonchev–Trinajstić information content (AvgIpc) is 3.19. The van der Waals surface area contributed by atoms with E-state index in [1.165, 1.54) is 17.7 Å². The number of fused-ring (bicyclic) bond motifs is 3. The number of anilines is 1. The molecule has 3 aromatic heterocycles. The van der Waals surface area contributed by atoms with E-state index in [1.54, 1.807) is 6.07 Å². The minimum Gasteiger partial charge on any atom is -0.395 e. The number of imidazole rings is 1. The molecule has 2 aliphatic rings. The zero-order chi connectivity index (χ0) is 27.5. The van der Waals surface area contributed by atoms with Crippen LogP contribution in [0.1, 0.15) is 24.6 Å². The van der Waals surface area contributed by atoms with Crippen molar-refractivity contribution in [2.24, 2.45) is 11.3 Å². The largest absolute Gasteiger partial charge is 0.395 e. The molecule has 2 aliphatic carbocycles. The Hall–Kier alpha value is -2.09. The van der Waals surface area contributed by atoms with Gasteiger partial charge in [0.2, 0.25) is 5.95 Å². The average molecular weight is 559 g/mol. The van der Waals surface area contributed by atoms with Crippen LogP contribution in [0.3, 0.4) is 0 Å². The monoisotopic (exact) mass is 558 g/mol. The van der Waals surface area contributed by atoms with Crippen LogP contribution in [0.5, 0.6) is 0 Å². The van der Waals surface area contributed by atoms with Gasteiger partial charge in [-0.1, -0.05) is 46.2 Å². The van der Waals surface area contributed by atoms with E-state index in [1.807, 2.05) is 9.25 Å². The van der Waals surface area contributed by atoms with Crippen LogP contribution in [-0.4, -0.2) is 53.7 Å². The molecule has 38 heavy (non-hydrogen) atoms. The van der Waals surface area contributed by atoms with Gasteiger partial charge >= 0.3 is 0 Å². The van der Waals surface area contributed by atoms with Gasteiger partial charge in [-0.15, -0.1) is 0 Å². The number of hydrogen-bond acceptors (Lipinski definition) is 6. The van der Waals surface area contributed by atoms with Gasteiger partial charge in [-0.05, 0) is 48.7 Å². The molecule has 0 spiro atoms. The standard InChI is InChI=1S/C27H43FN6O2Si2/c1-27-14-18(27)12-19-22(15-27)34(17-36-9-11-38(5,6)7)32-23(19)26-30-21-13-20(29)24(28)31-25(21)33(26)16-35-8-10-37(2,3)4/h13,18H,8-12,14-17,29H2,1-7H3/t18-,27-/m1/s1. The molecule has 0 saturated heterocycles. The van der Waals surface area contributed by atoms with Gasteiger partial charge in [0.05, 0.1) is 5.69 Å². The molecule has 208 valence electrons. The number of rotatable bonds is 11. The number of halogens is 1.